The molecule has 1 aliphatic heterocycles. The maximum absolute atomic E-state index is 11.9. The summed E-state index contributed by atoms with van der Waals surface area (Å²) in [4.78, 5) is 23.8. The van der Waals surface area contributed by atoms with Crippen molar-refractivity contribution in [3.63, 3.8) is 0 Å². The highest BCUT2D eigenvalue weighted by atomic mass is 32.2. The summed E-state index contributed by atoms with van der Waals surface area (Å²) >= 11 is 5.75. The van der Waals surface area contributed by atoms with E-state index in [9.17, 15) is 9.59 Å². The number of rotatable bonds is 2. The van der Waals surface area contributed by atoms with Gasteiger partial charge in [-0.3, -0.25) is 9.59 Å². The quantitative estimate of drug-likeness (QED) is 0.467. The summed E-state index contributed by atoms with van der Waals surface area (Å²) in [6.45, 7) is 2.20. The fourth-order valence-electron chi connectivity index (χ4n) is 1.47. The molecule has 0 radical (unpaired) electrons. The van der Waals surface area contributed by atoms with Gasteiger partial charge < -0.3 is 4.74 Å². The van der Waals surface area contributed by atoms with E-state index in [1.54, 1.807) is 31.2 Å². The molecule has 0 fully saturated rings. The van der Waals surface area contributed by atoms with E-state index in [0.717, 1.165) is 16.3 Å². The highest BCUT2D eigenvalue weighted by Gasteiger charge is 2.36. The van der Waals surface area contributed by atoms with Gasteiger partial charge in [0.15, 0.2) is 0 Å². The molecule has 1 aromatic carbocycles. The summed E-state index contributed by atoms with van der Waals surface area (Å²) in [5.41, 5.74) is 0.814. The van der Waals surface area contributed by atoms with Crippen LogP contribution in [0.25, 0.3) is 0 Å². The van der Waals surface area contributed by atoms with Crippen molar-refractivity contribution in [3.05, 3.63) is 35.4 Å². The van der Waals surface area contributed by atoms with Crippen LogP contribution in [-0.4, -0.2) is 27.1 Å². The first kappa shape index (κ1) is 12.1. The lowest BCUT2D eigenvalue weighted by molar-refractivity contribution is 0.0777. The Morgan fingerprint density at radius 3 is 2.29 bits per heavy atom. The number of fused-ring (bicyclic) bond motifs is 1. The van der Waals surface area contributed by atoms with Gasteiger partial charge in [0, 0.05) is 11.9 Å². The molecule has 17 heavy (non-hydrogen) atoms. The molecule has 0 bridgehead atoms. The van der Waals surface area contributed by atoms with Crippen molar-refractivity contribution in [1.82, 2.24) is 4.31 Å². The van der Waals surface area contributed by atoms with E-state index in [-0.39, 0.29) is 16.2 Å². The van der Waals surface area contributed by atoms with Crippen LogP contribution in [0.3, 0.4) is 0 Å². The summed E-state index contributed by atoms with van der Waals surface area (Å²) in [5, 5.41) is 0. The molecule has 0 N–H and O–H groups in total. The van der Waals surface area contributed by atoms with Crippen molar-refractivity contribution in [2.45, 2.75) is 6.92 Å². The van der Waals surface area contributed by atoms with Crippen LogP contribution >= 0.6 is 24.2 Å². The zero-order chi connectivity index (χ0) is 12.4. The summed E-state index contributed by atoms with van der Waals surface area (Å²) in [5.74, 6) is -0.699. The van der Waals surface area contributed by atoms with E-state index in [2.05, 4.69) is 0 Å². The summed E-state index contributed by atoms with van der Waals surface area (Å²) in [7, 11) is 0. The van der Waals surface area contributed by atoms with Crippen molar-refractivity contribution >= 4 is 40.4 Å². The third-order valence-electron chi connectivity index (χ3n) is 2.18. The second kappa shape index (κ2) is 4.85. The fraction of sp³-hybridized carbons (Fsp3) is 0.182. The van der Waals surface area contributed by atoms with E-state index in [1.165, 1.54) is 0 Å². The second-order valence-electron chi connectivity index (χ2n) is 3.22. The molecule has 2 amide bonds. The van der Waals surface area contributed by atoms with Crippen LogP contribution in [0.15, 0.2) is 24.3 Å². The number of nitrogens with zero attached hydrogens (tertiary/aromatic N) is 1. The molecule has 0 unspecified atom stereocenters. The molecule has 0 saturated carbocycles. The van der Waals surface area contributed by atoms with E-state index in [0.29, 0.717) is 17.7 Å². The zero-order valence-corrected chi connectivity index (χ0v) is 10.6. The summed E-state index contributed by atoms with van der Waals surface area (Å²) in [6, 6.07) is 6.69. The minimum atomic E-state index is -0.349. The van der Waals surface area contributed by atoms with Gasteiger partial charge in [-0.25, -0.2) is 4.31 Å². The largest absolute Gasteiger partial charge is 0.478 e. The number of amides is 2. The normalized spacial score (nSPS) is 13.8. The third-order valence-corrected chi connectivity index (χ3v) is 3.31. The number of thiocarbonyl (C=S) groups is 1. The van der Waals surface area contributed by atoms with Gasteiger partial charge in [-0.15, -0.1) is 0 Å². The van der Waals surface area contributed by atoms with Gasteiger partial charge in [-0.1, -0.05) is 12.1 Å². The number of carbonyl (C=O) groups excluding carboxylic acids is 2. The molecule has 6 heteroatoms. The standard InChI is InChI=1S/C11H9NO3S2/c1-2-15-11(16)17-12-9(13)7-5-3-4-6-8(7)10(12)14/h3-6H,2H2,1H3. The minimum absolute atomic E-state index is 0.169. The predicted octanol–water partition coefficient (Wildman–Crippen LogP) is 2.25. The van der Waals surface area contributed by atoms with Gasteiger partial charge >= 0.3 is 0 Å². The fourth-order valence-corrected chi connectivity index (χ4v) is 2.49. The number of benzene rings is 1. The SMILES string of the molecule is CCOC(=S)SN1C(=O)c2ccccc2C1=O. The molecule has 0 saturated heterocycles. The van der Waals surface area contributed by atoms with E-state index in [1.807, 2.05) is 0 Å². The van der Waals surface area contributed by atoms with Crippen molar-refractivity contribution in [2.24, 2.45) is 0 Å². The van der Waals surface area contributed by atoms with Crippen molar-refractivity contribution in [3.8, 4) is 0 Å². The average molecular weight is 267 g/mol. The van der Waals surface area contributed by atoms with Gasteiger partial charge in [0.1, 0.15) is 0 Å². The van der Waals surface area contributed by atoms with Crippen LogP contribution in [0, 0.1) is 0 Å². The van der Waals surface area contributed by atoms with E-state index >= 15 is 0 Å². The summed E-state index contributed by atoms with van der Waals surface area (Å²) in [6.07, 6.45) is 0. The first-order valence-electron chi connectivity index (χ1n) is 4.97. The Labute approximate surface area is 108 Å². The Morgan fingerprint density at radius 1 is 1.29 bits per heavy atom. The van der Waals surface area contributed by atoms with Crippen LogP contribution in [0.5, 0.6) is 0 Å². The lowest BCUT2D eigenvalue weighted by Crippen LogP contribution is -2.24. The highest BCUT2D eigenvalue weighted by Crippen LogP contribution is 2.29. The number of hydrogen-bond donors (Lipinski definition) is 0. The molecule has 4 nitrogen and oxygen atoms in total. The number of hydrogen-bond acceptors (Lipinski definition) is 5. The van der Waals surface area contributed by atoms with Crippen molar-refractivity contribution in [1.29, 1.82) is 0 Å². The zero-order valence-electron chi connectivity index (χ0n) is 9.00. The number of imide groups is 1. The lowest BCUT2D eigenvalue weighted by atomic mass is 10.1. The van der Waals surface area contributed by atoms with Crippen molar-refractivity contribution < 1.29 is 14.3 Å². The molecule has 1 aliphatic rings. The Hall–Kier alpha value is -1.40. The average Bonchev–Trinajstić information content (AvgIpc) is 2.56. The number of carbonyl (C=O) groups is 2. The Kier molecular flexibility index (Phi) is 3.44. The highest BCUT2D eigenvalue weighted by molar-refractivity contribution is 8.21. The molecule has 2 rings (SSSR count). The smallest absolute Gasteiger partial charge is 0.272 e. The van der Waals surface area contributed by atoms with Crippen molar-refractivity contribution in [2.75, 3.05) is 6.61 Å². The molecular formula is C11H9NO3S2. The van der Waals surface area contributed by atoms with Gasteiger partial charge in [-0.05, 0) is 31.3 Å². The van der Waals surface area contributed by atoms with Gasteiger partial charge in [0.05, 0.1) is 17.7 Å². The van der Waals surface area contributed by atoms with Gasteiger partial charge in [0.2, 0.25) is 4.38 Å². The summed E-state index contributed by atoms with van der Waals surface area (Å²) < 4.78 is 6.25. The maximum atomic E-state index is 11.9. The minimum Gasteiger partial charge on any atom is -0.478 e. The Morgan fingerprint density at radius 2 is 1.82 bits per heavy atom. The van der Waals surface area contributed by atoms with Crippen LogP contribution in [0.1, 0.15) is 27.6 Å². The molecule has 1 aromatic rings. The van der Waals surface area contributed by atoms with Crippen LogP contribution in [-0.2, 0) is 4.74 Å². The molecule has 0 spiro atoms. The van der Waals surface area contributed by atoms with Gasteiger partial charge in [0.25, 0.3) is 11.8 Å². The van der Waals surface area contributed by atoms with E-state index in [4.69, 9.17) is 17.0 Å². The lowest BCUT2D eigenvalue weighted by Gasteiger charge is -2.12. The molecule has 0 atom stereocenters. The monoisotopic (exact) mass is 267 g/mol. The first-order valence-corrected chi connectivity index (χ1v) is 6.16. The first-order chi connectivity index (χ1) is 8.15. The Bertz CT molecular complexity index is 466. The molecule has 0 aromatic heterocycles. The maximum Gasteiger partial charge on any atom is 0.272 e. The van der Waals surface area contributed by atoms with Gasteiger partial charge in [-0.2, -0.15) is 0 Å². The molecule has 0 aliphatic carbocycles. The molecule has 1 heterocycles. The van der Waals surface area contributed by atoms with E-state index < -0.39 is 0 Å². The van der Waals surface area contributed by atoms with Crippen LogP contribution in [0.2, 0.25) is 0 Å². The molecule has 88 valence electrons. The van der Waals surface area contributed by atoms with Crippen LogP contribution < -0.4 is 0 Å². The molecular weight excluding hydrogens is 258 g/mol. The van der Waals surface area contributed by atoms with Crippen LogP contribution in [0.4, 0.5) is 0 Å². The second-order valence-corrected chi connectivity index (χ2v) is 4.77. The third kappa shape index (κ3) is 2.18. The predicted molar refractivity (Wildman–Crippen MR) is 68.8 cm³/mol. The topological polar surface area (TPSA) is 46.6 Å². The Balaban J connectivity index is 2.22. The number of ether oxygens (including phenoxy) is 1.